The highest BCUT2D eigenvalue weighted by atomic mass is 35.5. The van der Waals surface area contributed by atoms with Gasteiger partial charge in [0.25, 0.3) is 0 Å². The molecule has 6 heteroatoms. The zero-order chi connectivity index (χ0) is 11.3. The normalized spacial score (nSPS) is 11.4. The molecule has 0 aromatic carbocycles. The fraction of sp³-hybridized carbons (Fsp3) is 0.100. The summed E-state index contributed by atoms with van der Waals surface area (Å²) in [6.07, 6.45) is 0. The van der Waals surface area contributed by atoms with E-state index in [1.807, 2.05) is 12.1 Å². The van der Waals surface area contributed by atoms with Gasteiger partial charge in [-0.1, -0.05) is 16.4 Å². The first-order valence-corrected chi connectivity index (χ1v) is 5.08. The fourth-order valence-electron chi connectivity index (χ4n) is 1.69. The lowest BCUT2D eigenvalue weighted by molar-refractivity contribution is -0.672. The van der Waals surface area contributed by atoms with Crippen molar-refractivity contribution < 1.29 is 4.85 Å². The van der Waals surface area contributed by atoms with Crippen LogP contribution in [0.2, 0.25) is 5.15 Å². The van der Waals surface area contributed by atoms with Gasteiger partial charge in [0.2, 0.25) is 11.3 Å². The predicted octanol–water partition coefficient (Wildman–Crippen LogP) is 1.48. The standard InChI is InChI=1S/C10H7ClN4O/c1-6-4-7-5-8-2-3-9(11)12-14(8)10(7)13-15(6)16/h2-5H,1H3. The van der Waals surface area contributed by atoms with Crippen LogP contribution in [0.4, 0.5) is 0 Å². The lowest BCUT2D eigenvalue weighted by Gasteiger charge is -1.97. The van der Waals surface area contributed by atoms with E-state index in [0.717, 1.165) is 10.9 Å². The van der Waals surface area contributed by atoms with Crippen molar-refractivity contribution in [3.05, 3.63) is 40.3 Å². The summed E-state index contributed by atoms with van der Waals surface area (Å²) in [4.78, 5) is 0.581. The van der Waals surface area contributed by atoms with E-state index in [2.05, 4.69) is 10.2 Å². The molecular formula is C10H7ClN4O. The smallest absolute Gasteiger partial charge is 0.230 e. The Bertz CT molecular complexity index is 707. The Kier molecular flexibility index (Phi) is 1.79. The Balaban J connectivity index is 2.53. The second-order valence-electron chi connectivity index (χ2n) is 3.57. The molecule has 0 unspecified atom stereocenters. The molecule has 0 aliphatic rings. The van der Waals surface area contributed by atoms with Gasteiger partial charge in [0.1, 0.15) is 5.15 Å². The largest absolute Gasteiger partial charge is 0.594 e. The van der Waals surface area contributed by atoms with Crippen LogP contribution in [-0.4, -0.2) is 14.7 Å². The Morgan fingerprint density at radius 1 is 1.38 bits per heavy atom. The summed E-state index contributed by atoms with van der Waals surface area (Å²) in [5.74, 6) is 0. The van der Waals surface area contributed by atoms with Crippen molar-refractivity contribution >= 4 is 28.2 Å². The topological polar surface area (TPSA) is 57.1 Å². The fourth-order valence-corrected chi connectivity index (χ4v) is 1.83. The van der Waals surface area contributed by atoms with Gasteiger partial charge in [-0.25, -0.2) is 4.52 Å². The van der Waals surface area contributed by atoms with Crippen molar-refractivity contribution in [1.82, 2.24) is 14.7 Å². The molecule has 5 nitrogen and oxygen atoms in total. The van der Waals surface area contributed by atoms with Crippen molar-refractivity contribution in [2.24, 2.45) is 0 Å². The lowest BCUT2D eigenvalue weighted by Crippen LogP contribution is -2.34. The minimum Gasteiger partial charge on any atom is -0.594 e. The minimum atomic E-state index is 0.366. The molecule has 3 aromatic heterocycles. The number of aryl methyl sites for hydroxylation is 1. The molecule has 0 atom stereocenters. The quantitative estimate of drug-likeness (QED) is 0.437. The number of halogens is 1. The van der Waals surface area contributed by atoms with Gasteiger partial charge in [-0.2, -0.15) is 5.10 Å². The van der Waals surface area contributed by atoms with E-state index in [9.17, 15) is 5.21 Å². The second kappa shape index (κ2) is 3.05. The number of hydrogen-bond acceptors (Lipinski definition) is 3. The van der Waals surface area contributed by atoms with Crippen LogP contribution in [0.25, 0.3) is 16.6 Å². The van der Waals surface area contributed by atoms with Crippen LogP contribution < -0.4 is 4.85 Å². The maximum atomic E-state index is 11.4. The van der Waals surface area contributed by atoms with Gasteiger partial charge >= 0.3 is 0 Å². The highest BCUT2D eigenvalue weighted by molar-refractivity contribution is 6.29. The molecule has 0 aliphatic carbocycles. The summed E-state index contributed by atoms with van der Waals surface area (Å²) < 4.78 is 1.56. The van der Waals surface area contributed by atoms with Gasteiger partial charge < -0.3 is 5.21 Å². The van der Waals surface area contributed by atoms with Crippen LogP contribution in [0.15, 0.2) is 24.3 Å². The average Bonchev–Trinajstić information content (AvgIpc) is 2.57. The number of rotatable bonds is 0. The molecule has 3 heterocycles. The van der Waals surface area contributed by atoms with Crippen molar-refractivity contribution in [3.63, 3.8) is 0 Å². The molecule has 0 bridgehead atoms. The third-order valence-electron chi connectivity index (χ3n) is 2.45. The Hall–Kier alpha value is -1.88. The van der Waals surface area contributed by atoms with E-state index >= 15 is 0 Å². The van der Waals surface area contributed by atoms with Crippen LogP contribution in [0.1, 0.15) is 5.69 Å². The van der Waals surface area contributed by atoms with E-state index in [-0.39, 0.29) is 0 Å². The second-order valence-corrected chi connectivity index (χ2v) is 3.96. The molecule has 0 amide bonds. The maximum absolute atomic E-state index is 11.4. The molecule has 0 fully saturated rings. The van der Waals surface area contributed by atoms with Gasteiger partial charge in [0, 0.05) is 23.5 Å². The molecule has 80 valence electrons. The molecule has 0 aliphatic heterocycles. The first-order chi connectivity index (χ1) is 7.65. The molecule has 3 rings (SSSR count). The third-order valence-corrected chi connectivity index (χ3v) is 2.65. The Labute approximate surface area is 95.5 Å². The zero-order valence-electron chi connectivity index (χ0n) is 8.38. The van der Waals surface area contributed by atoms with Crippen LogP contribution in [0.5, 0.6) is 0 Å². The number of nitrogens with zero attached hydrogens (tertiary/aromatic N) is 4. The molecule has 0 radical (unpaired) electrons. The summed E-state index contributed by atoms with van der Waals surface area (Å²) >= 11 is 5.80. The highest BCUT2D eigenvalue weighted by Gasteiger charge is 2.11. The van der Waals surface area contributed by atoms with Gasteiger partial charge in [0.15, 0.2) is 0 Å². The molecule has 3 aromatic rings. The van der Waals surface area contributed by atoms with Crippen LogP contribution >= 0.6 is 11.6 Å². The van der Waals surface area contributed by atoms with Crippen molar-refractivity contribution in [3.8, 4) is 0 Å². The van der Waals surface area contributed by atoms with Crippen LogP contribution in [0, 0.1) is 12.1 Å². The summed E-state index contributed by atoms with van der Waals surface area (Å²) in [5.41, 5.74) is 1.92. The maximum Gasteiger partial charge on any atom is 0.230 e. The van der Waals surface area contributed by atoms with Crippen molar-refractivity contribution in [1.29, 1.82) is 0 Å². The van der Waals surface area contributed by atoms with E-state index in [4.69, 9.17) is 11.6 Å². The zero-order valence-corrected chi connectivity index (χ0v) is 9.14. The number of aromatic nitrogens is 4. The third kappa shape index (κ3) is 1.22. The summed E-state index contributed by atoms with van der Waals surface area (Å²) in [6, 6.07) is 7.23. The molecular weight excluding hydrogens is 228 g/mol. The Morgan fingerprint density at radius 2 is 2.19 bits per heavy atom. The molecule has 0 saturated carbocycles. The van der Waals surface area contributed by atoms with Gasteiger partial charge in [-0.05, 0) is 18.2 Å². The van der Waals surface area contributed by atoms with Crippen molar-refractivity contribution in [2.45, 2.75) is 6.92 Å². The molecule has 0 spiro atoms. The average molecular weight is 235 g/mol. The first-order valence-electron chi connectivity index (χ1n) is 4.70. The van der Waals surface area contributed by atoms with E-state index in [1.54, 1.807) is 23.6 Å². The SMILES string of the molecule is Cc1cc2cc3ccc(Cl)nn3c2n[n+]1[O-]. The van der Waals surface area contributed by atoms with E-state index in [0.29, 0.717) is 21.3 Å². The first kappa shape index (κ1) is 9.35. The summed E-state index contributed by atoms with van der Waals surface area (Å²) in [5, 5.41) is 20.6. The number of fused-ring (bicyclic) bond motifs is 3. The lowest BCUT2D eigenvalue weighted by atomic mass is 10.3. The number of hydrogen-bond donors (Lipinski definition) is 0. The van der Waals surface area contributed by atoms with Gasteiger partial charge in [0.05, 0.1) is 5.52 Å². The molecule has 16 heavy (non-hydrogen) atoms. The van der Waals surface area contributed by atoms with Gasteiger partial charge in [-0.3, -0.25) is 0 Å². The van der Waals surface area contributed by atoms with Crippen LogP contribution in [0.3, 0.4) is 0 Å². The summed E-state index contributed by atoms with van der Waals surface area (Å²) in [6.45, 7) is 1.71. The predicted molar refractivity (Wildman–Crippen MR) is 59.2 cm³/mol. The minimum absolute atomic E-state index is 0.366. The monoisotopic (exact) mass is 234 g/mol. The Morgan fingerprint density at radius 3 is 3.00 bits per heavy atom. The molecule has 0 N–H and O–H groups in total. The summed E-state index contributed by atoms with van der Waals surface area (Å²) in [7, 11) is 0. The highest BCUT2D eigenvalue weighted by Crippen LogP contribution is 2.18. The van der Waals surface area contributed by atoms with E-state index in [1.165, 1.54) is 0 Å². The van der Waals surface area contributed by atoms with Gasteiger partial charge in [-0.15, -0.1) is 0 Å². The van der Waals surface area contributed by atoms with E-state index < -0.39 is 0 Å². The van der Waals surface area contributed by atoms with Crippen molar-refractivity contribution in [2.75, 3.05) is 0 Å². The van der Waals surface area contributed by atoms with Crippen LogP contribution in [-0.2, 0) is 0 Å². The molecule has 0 saturated heterocycles.